The van der Waals surface area contributed by atoms with Crippen LogP contribution < -0.4 is 20.5 Å². The number of nitrogens with zero attached hydrogens (tertiary/aromatic N) is 1. The van der Waals surface area contributed by atoms with Crippen molar-refractivity contribution in [2.24, 2.45) is 10.1 Å². The van der Waals surface area contributed by atoms with Crippen molar-refractivity contribution < 1.29 is 13.2 Å². The van der Waals surface area contributed by atoms with E-state index >= 15 is 0 Å². The summed E-state index contributed by atoms with van der Waals surface area (Å²) in [6.45, 7) is 5.01. The zero-order valence-electron chi connectivity index (χ0n) is 15.2. The van der Waals surface area contributed by atoms with Crippen LogP contribution in [0.4, 0.5) is 0 Å². The van der Waals surface area contributed by atoms with Crippen LogP contribution in [-0.4, -0.2) is 28.0 Å². The van der Waals surface area contributed by atoms with Gasteiger partial charge in [-0.15, -0.1) is 0 Å². The Morgan fingerprint density at radius 2 is 1.93 bits per heavy atom. The lowest BCUT2D eigenvalue weighted by Gasteiger charge is -2.14. The van der Waals surface area contributed by atoms with Gasteiger partial charge >= 0.3 is 0 Å². The number of nitrogens with two attached hydrogens (primary N) is 1. The molecule has 2 aromatic rings. The third-order valence-corrected chi connectivity index (χ3v) is 4.60. The normalized spacial score (nSPS) is 11.7. The molecule has 2 rings (SSSR count). The lowest BCUT2D eigenvalue weighted by Crippen LogP contribution is -2.36. The fraction of sp³-hybridized carbons (Fsp3) is 0.211. The number of guanidine groups is 1. The van der Waals surface area contributed by atoms with E-state index in [4.69, 9.17) is 9.88 Å². The third-order valence-electron chi connectivity index (χ3n) is 3.69. The predicted octanol–water partition coefficient (Wildman–Crippen LogP) is 1.76. The molecule has 27 heavy (non-hydrogen) atoms. The van der Waals surface area contributed by atoms with Gasteiger partial charge < -0.3 is 15.4 Å². The predicted molar refractivity (Wildman–Crippen MR) is 107 cm³/mol. The van der Waals surface area contributed by atoms with Gasteiger partial charge in [-0.1, -0.05) is 43.0 Å². The van der Waals surface area contributed by atoms with Crippen LogP contribution in [0.5, 0.6) is 5.75 Å². The second kappa shape index (κ2) is 9.75. The maximum Gasteiger partial charge on any atom is 0.238 e. The molecular weight excluding hydrogens is 364 g/mol. The summed E-state index contributed by atoms with van der Waals surface area (Å²) >= 11 is 0. The van der Waals surface area contributed by atoms with E-state index in [1.165, 1.54) is 12.1 Å². The maximum atomic E-state index is 11.4. The Balaban J connectivity index is 1.97. The second-order valence-electron chi connectivity index (χ2n) is 5.68. The van der Waals surface area contributed by atoms with Gasteiger partial charge in [0.1, 0.15) is 12.4 Å². The SMILES string of the molecule is C=CCOc1ccccc1CNC(=NC)NCc1cccc(S(N)(=O)=O)c1. The number of hydrogen-bond donors (Lipinski definition) is 3. The Morgan fingerprint density at radius 3 is 2.63 bits per heavy atom. The van der Waals surface area contributed by atoms with Gasteiger partial charge in [0, 0.05) is 25.7 Å². The molecule has 0 saturated carbocycles. The van der Waals surface area contributed by atoms with Gasteiger partial charge in [0.25, 0.3) is 0 Å². The van der Waals surface area contributed by atoms with Gasteiger partial charge in [0.15, 0.2) is 5.96 Å². The molecule has 0 spiro atoms. The van der Waals surface area contributed by atoms with Gasteiger partial charge in [-0.25, -0.2) is 13.6 Å². The number of hydrogen-bond acceptors (Lipinski definition) is 4. The van der Waals surface area contributed by atoms with Gasteiger partial charge in [0.05, 0.1) is 4.90 Å². The van der Waals surface area contributed by atoms with Crippen molar-refractivity contribution >= 4 is 16.0 Å². The quantitative estimate of drug-likeness (QED) is 0.363. The zero-order valence-corrected chi connectivity index (χ0v) is 16.0. The summed E-state index contributed by atoms with van der Waals surface area (Å²) in [6, 6.07) is 14.2. The van der Waals surface area contributed by atoms with E-state index in [0.29, 0.717) is 25.7 Å². The number of sulfonamides is 1. The summed E-state index contributed by atoms with van der Waals surface area (Å²) < 4.78 is 28.5. The minimum absolute atomic E-state index is 0.0815. The smallest absolute Gasteiger partial charge is 0.238 e. The zero-order chi connectivity index (χ0) is 19.7. The molecule has 0 aliphatic heterocycles. The summed E-state index contributed by atoms with van der Waals surface area (Å²) in [7, 11) is -2.06. The van der Waals surface area contributed by atoms with Crippen LogP contribution in [0.1, 0.15) is 11.1 Å². The first-order valence-corrected chi connectivity index (χ1v) is 9.86. The fourth-order valence-corrected chi connectivity index (χ4v) is 2.94. The molecule has 0 radical (unpaired) electrons. The van der Waals surface area contributed by atoms with Crippen molar-refractivity contribution in [2.45, 2.75) is 18.0 Å². The average molecular weight is 388 g/mol. The van der Waals surface area contributed by atoms with E-state index in [9.17, 15) is 8.42 Å². The highest BCUT2D eigenvalue weighted by Gasteiger charge is 2.08. The van der Waals surface area contributed by atoms with Gasteiger partial charge in [0.2, 0.25) is 10.0 Å². The number of nitrogens with one attached hydrogen (secondary N) is 2. The first-order chi connectivity index (χ1) is 12.9. The first kappa shape index (κ1) is 20.5. The van der Waals surface area contributed by atoms with E-state index < -0.39 is 10.0 Å². The third kappa shape index (κ3) is 6.43. The number of ether oxygens (including phenoxy) is 1. The van der Waals surface area contributed by atoms with Crippen molar-refractivity contribution in [3.8, 4) is 5.75 Å². The molecule has 0 fully saturated rings. The maximum absolute atomic E-state index is 11.4. The number of primary sulfonamides is 1. The number of rotatable bonds is 8. The summed E-state index contributed by atoms with van der Waals surface area (Å²) in [5, 5.41) is 11.5. The Bertz CT molecular complexity index is 911. The molecule has 0 saturated heterocycles. The molecule has 0 unspecified atom stereocenters. The van der Waals surface area contributed by atoms with E-state index in [0.717, 1.165) is 16.9 Å². The van der Waals surface area contributed by atoms with Gasteiger partial charge in [-0.05, 0) is 23.8 Å². The minimum Gasteiger partial charge on any atom is -0.489 e. The molecule has 0 heterocycles. The average Bonchev–Trinajstić information content (AvgIpc) is 2.66. The molecule has 2 aromatic carbocycles. The minimum atomic E-state index is -3.72. The van der Waals surface area contributed by atoms with Crippen molar-refractivity contribution in [1.82, 2.24) is 10.6 Å². The molecule has 0 aromatic heterocycles. The number of benzene rings is 2. The van der Waals surface area contributed by atoms with Crippen molar-refractivity contribution in [1.29, 1.82) is 0 Å². The molecule has 0 aliphatic carbocycles. The molecule has 0 atom stereocenters. The summed E-state index contributed by atoms with van der Waals surface area (Å²) in [6.07, 6.45) is 1.69. The molecule has 4 N–H and O–H groups in total. The van der Waals surface area contributed by atoms with Crippen molar-refractivity contribution in [3.63, 3.8) is 0 Å². The highest BCUT2D eigenvalue weighted by atomic mass is 32.2. The standard InChI is InChI=1S/C19H24N4O3S/c1-3-11-26-18-10-5-4-8-16(18)14-23-19(21-2)22-13-15-7-6-9-17(12-15)27(20,24)25/h3-10,12H,1,11,13-14H2,2H3,(H2,20,24,25)(H2,21,22,23). The van der Waals surface area contributed by atoms with Crippen LogP contribution in [0.25, 0.3) is 0 Å². The van der Waals surface area contributed by atoms with Crippen molar-refractivity contribution in [2.75, 3.05) is 13.7 Å². The summed E-state index contributed by atoms with van der Waals surface area (Å²) in [5.41, 5.74) is 1.76. The number of para-hydroxylation sites is 1. The first-order valence-electron chi connectivity index (χ1n) is 8.32. The Labute approximate surface area is 160 Å². The van der Waals surface area contributed by atoms with Crippen LogP contribution in [0.3, 0.4) is 0 Å². The Hall–Kier alpha value is -2.84. The van der Waals surface area contributed by atoms with E-state index in [1.807, 2.05) is 30.3 Å². The molecular formula is C19H24N4O3S. The van der Waals surface area contributed by atoms with Gasteiger partial charge in [-0.2, -0.15) is 0 Å². The van der Waals surface area contributed by atoms with Gasteiger partial charge in [-0.3, -0.25) is 4.99 Å². The molecule has 7 nitrogen and oxygen atoms in total. The Kier molecular flexibility index (Phi) is 7.39. The highest BCUT2D eigenvalue weighted by molar-refractivity contribution is 7.89. The van der Waals surface area contributed by atoms with Crippen LogP contribution in [0, 0.1) is 0 Å². The molecule has 8 heteroatoms. The van der Waals surface area contributed by atoms with E-state index in [-0.39, 0.29) is 4.90 Å². The molecule has 0 aliphatic rings. The second-order valence-corrected chi connectivity index (χ2v) is 7.24. The lowest BCUT2D eigenvalue weighted by molar-refractivity contribution is 0.358. The summed E-state index contributed by atoms with van der Waals surface area (Å²) in [4.78, 5) is 4.26. The molecule has 0 amide bonds. The van der Waals surface area contributed by atoms with Crippen LogP contribution in [0.15, 0.2) is 71.1 Å². The highest BCUT2D eigenvalue weighted by Crippen LogP contribution is 2.17. The van der Waals surface area contributed by atoms with Crippen LogP contribution in [0.2, 0.25) is 0 Å². The Morgan fingerprint density at radius 1 is 1.19 bits per heavy atom. The largest absolute Gasteiger partial charge is 0.489 e. The van der Waals surface area contributed by atoms with Crippen LogP contribution in [-0.2, 0) is 23.1 Å². The lowest BCUT2D eigenvalue weighted by atomic mass is 10.2. The molecule has 144 valence electrons. The van der Waals surface area contributed by atoms with Crippen LogP contribution >= 0.6 is 0 Å². The topological polar surface area (TPSA) is 106 Å². The number of aliphatic imine (C=N–C) groups is 1. The summed E-state index contributed by atoms with van der Waals surface area (Å²) in [5.74, 6) is 1.36. The molecule has 0 bridgehead atoms. The monoisotopic (exact) mass is 388 g/mol. The van der Waals surface area contributed by atoms with E-state index in [2.05, 4.69) is 22.2 Å². The fourth-order valence-electron chi connectivity index (χ4n) is 2.36. The van der Waals surface area contributed by atoms with E-state index in [1.54, 1.807) is 19.2 Å². The van der Waals surface area contributed by atoms with Crippen molar-refractivity contribution in [3.05, 3.63) is 72.3 Å².